The highest BCUT2D eigenvalue weighted by atomic mass is 35.5. The van der Waals surface area contributed by atoms with E-state index in [0.717, 1.165) is 19.1 Å². The van der Waals surface area contributed by atoms with Gasteiger partial charge in [0, 0.05) is 5.56 Å². The molecule has 0 aromatic heterocycles. The lowest BCUT2D eigenvalue weighted by Crippen LogP contribution is -2.21. The zero-order valence-electron chi connectivity index (χ0n) is 9.08. The molecule has 0 aliphatic carbocycles. The number of halogens is 4. The molecule has 1 aromatic carbocycles. The van der Waals surface area contributed by atoms with Crippen LogP contribution in [0.2, 0.25) is 5.02 Å². The largest absolute Gasteiger partial charge is 0.481 e. The molecule has 0 aliphatic heterocycles. The molecule has 98 valence electrons. The first-order chi connectivity index (χ1) is 8.14. The Morgan fingerprint density at radius 3 is 2.33 bits per heavy atom. The lowest BCUT2D eigenvalue weighted by atomic mass is 9.98. The summed E-state index contributed by atoms with van der Waals surface area (Å²) in [4.78, 5) is 22.2. The van der Waals surface area contributed by atoms with E-state index in [4.69, 9.17) is 16.7 Å². The number of carbonyl (C=O) groups is 2. The summed E-state index contributed by atoms with van der Waals surface area (Å²) in [5.41, 5.74) is -1.49. The van der Waals surface area contributed by atoms with Crippen LogP contribution in [0.15, 0.2) is 18.2 Å². The normalized spacial score (nSPS) is 13.2. The smallest absolute Gasteiger partial charge is 0.417 e. The Bertz CT molecular complexity index is 497. The van der Waals surface area contributed by atoms with Gasteiger partial charge >= 0.3 is 12.1 Å². The van der Waals surface area contributed by atoms with Crippen LogP contribution in [0.3, 0.4) is 0 Å². The van der Waals surface area contributed by atoms with Crippen molar-refractivity contribution >= 4 is 23.4 Å². The molecular formula is C11H8ClF3O3. The van der Waals surface area contributed by atoms with Gasteiger partial charge in [-0.25, -0.2) is 0 Å². The fourth-order valence-electron chi connectivity index (χ4n) is 1.26. The van der Waals surface area contributed by atoms with Crippen molar-refractivity contribution in [2.24, 2.45) is 5.92 Å². The zero-order chi connectivity index (χ0) is 14.1. The second-order valence-electron chi connectivity index (χ2n) is 3.62. The summed E-state index contributed by atoms with van der Waals surface area (Å²) in [7, 11) is 0. The van der Waals surface area contributed by atoms with Crippen molar-refractivity contribution in [3.8, 4) is 0 Å². The molecule has 1 atom stereocenters. The van der Waals surface area contributed by atoms with E-state index in [-0.39, 0.29) is 5.56 Å². The number of carboxylic acid groups (broad SMARTS) is 1. The van der Waals surface area contributed by atoms with Crippen molar-refractivity contribution in [3.63, 3.8) is 0 Å². The maximum absolute atomic E-state index is 12.5. The molecule has 0 spiro atoms. The molecule has 7 heteroatoms. The van der Waals surface area contributed by atoms with E-state index in [2.05, 4.69) is 0 Å². The third-order valence-corrected chi connectivity index (χ3v) is 2.65. The van der Waals surface area contributed by atoms with E-state index in [1.807, 2.05) is 0 Å². The highest BCUT2D eigenvalue weighted by molar-refractivity contribution is 6.31. The Hall–Kier alpha value is -1.56. The summed E-state index contributed by atoms with van der Waals surface area (Å²) >= 11 is 5.38. The van der Waals surface area contributed by atoms with E-state index in [1.54, 1.807) is 0 Å². The molecular weight excluding hydrogens is 273 g/mol. The number of Topliss-reactive ketones (excluding diaryl/α,β-unsaturated/α-hetero) is 1. The zero-order valence-corrected chi connectivity index (χ0v) is 9.84. The van der Waals surface area contributed by atoms with Crippen LogP contribution in [0.1, 0.15) is 22.8 Å². The van der Waals surface area contributed by atoms with E-state index >= 15 is 0 Å². The molecule has 18 heavy (non-hydrogen) atoms. The molecule has 3 nitrogen and oxygen atoms in total. The Kier molecular flexibility index (Phi) is 4.01. The van der Waals surface area contributed by atoms with Gasteiger partial charge < -0.3 is 5.11 Å². The molecule has 1 rings (SSSR count). The molecule has 0 bridgehead atoms. The van der Waals surface area contributed by atoms with Gasteiger partial charge in [0.25, 0.3) is 0 Å². The van der Waals surface area contributed by atoms with Crippen LogP contribution in [-0.2, 0) is 11.0 Å². The summed E-state index contributed by atoms with van der Waals surface area (Å²) in [6, 6.07) is 2.55. The fourth-order valence-corrected chi connectivity index (χ4v) is 1.48. The maximum Gasteiger partial charge on any atom is 0.417 e. The molecule has 1 aromatic rings. The summed E-state index contributed by atoms with van der Waals surface area (Å²) < 4.78 is 37.6. The van der Waals surface area contributed by atoms with Gasteiger partial charge in [-0.15, -0.1) is 0 Å². The van der Waals surface area contributed by atoms with Gasteiger partial charge in [0.05, 0.1) is 10.6 Å². The van der Waals surface area contributed by atoms with Crippen molar-refractivity contribution in [1.82, 2.24) is 0 Å². The highest BCUT2D eigenvalue weighted by Gasteiger charge is 2.34. The van der Waals surface area contributed by atoms with Gasteiger partial charge in [-0.1, -0.05) is 11.6 Å². The number of carboxylic acids is 1. The first-order valence-corrected chi connectivity index (χ1v) is 5.16. The molecule has 0 saturated heterocycles. The second-order valence-corrected chi connectivity index (χ2v) is 4.02. The predicted molar refractivity (Wildman–Crippen MR) is 57.6 cm³/mol. The quantitative estimate of drug-likeness (QED) is 0.683. The average molecular weight is 281 g/mol. The Labute approximate surface area is 105 Å². The standard InChI is InChI=1S/C11H8ClF3O3/c1-5(10(17)18)9(16)6-2-3-8(12)7(4-6)11(13,14)15/h2-5H,1H3,(H,17,18). The highest BCUT2D eigenvalue weighted by Crippen LogP contribution is 2.35. The van der Waals surface area contributed by atoms with Gasteiger partial charge in [-0.3, -0.25) is 9.59 Å². The molecule has 0 saturated carbocycles. The average Bonchev–Trinajstić information content (AvgIpc) is 2.26. The van der Waals surface area contributed by atoms with Crippen molar-refractivity contribution in [2.75, 3.05) is 0 Å². The van der Waals surface area contributed by atoms with Gasteiger partial charge in [-0.05, 0) is 25.1 Å². The molecule has 1 unspecified atom stereocenters. The van der Waals surface area contributed by atoms with Crippen LogP contribution in [0.5, 0.6) is 0 Å². The number of rotatable bonds is 3. The number of ketones is 1. The topological polar surface area (TPSA) is 54.4 Å². The fraction of sp³-hybridized carbons (Fsp3) is 0.273. The van der Waals surface area contributed by atoms with Gasteiger partial charge in [0.2, 0.25) is 0 Å². The van der Waals surface area contributed by atoms with Gasteiger partial charge in [-0.2, -0.15) is 13.2 Å². The third kappa shape index (κ3) is 3.01. The molecule has 0 heterocycles. The SMILES string of the molecule is CC(C(=O)O)C(=O)c1ccc(Cl)c(C(F)(F)F)c1. The minimum atomic E-state index is -4.69. The van der Waals surface area contributed by atoms with Crippen molar-refractivity contribution < 1.29 is 27.9 Å². The Balaban J connectivity index is 3.21. The minimum absolute atomic E-state index is 0.332. The van der Waals surface area contributed by atoms with Crippen LogP contribution in [0, 0.1) is 5.92 Å². The van der Waals surface area contributed by atoms with E-state index < -0.39 is 34.4 Å². The number of carbonyl (C=O) groups excluding carboxylic acids is 1. The van der Waals surface area contributed by atoms with E-state index in [0.29, 0.717) is 6.07 Å². The van der Waals surface area contributed by atoms with Crippen molar-refractivity contribution in [2.45, 2.75) is 13.1 Å². The number of benzene rings is 1. The van der Waals surface area contributed by atoms with Crippen molar-refractivity contribution in [3.05, 3.63) is 34.3 Å². The third-order valence-electron chi connectivity index (χ3n) is 2.32. The number of aliphatic carboxylic acids is 1. The van der Waals surface area contributed by atoms with Crippen LogP contribution in [-0.4, -0.2) is 16.9 Å². The number of hydrogen-bond donors (Lipinski definition) is 1. The summed E-state index contributed by atoms with van der Waals surface area (Å²) in [6.45, 7) is 1.10. The Morgan fingerprint density at radius 2 is 1.89 bits per heavy atom. The monoisotopic (exact) mass is 280 g/mol. The summed E-state index contributed by atoms with van der Waals surface area (Å²) in [5.74, 6) is -3.71. The van der Waals surface area contributed by atoms with Gasteiger partial charge in [0.1, 0.15) is 5.92 Å². The van der Waals surface area contributed by atoms with Gasteiger partial charge in [0.15, 0.2) is 5.78 Å². The van der Waals surface area contributed by atoms with Crippen molar-refractivity contribution in [1.29, 1.82) is 0 Å². The first-order valence-electron chi connectivity index (χ1n) is 4.78. The van der Waals surface area contributed by atoms with E-state index in [9.17, 15) is 22.8 Å². The predicted octanol–water partition coefficient (Wildman–Crippen LogP) is 3.26. The molecule has 0 radical (unpaired) electrons. The molecule has 0 fully saturated rings. The minimum Gasteiger partial charge on any atom is -0.481 e. The first kappa shape index (κ1) is 14.5. The molecule has 0 amide bonds. The van der Waals surface area contributed by atoms with Crippen LogP contribution in [0.25, 0.3) is 0 Å². The molecule has 0 aliphatic rings. The number of alkyl halides is 3. The lowest BCUT2D eigenvalue weighted by Gasteiger charge is -2.11. The maximum atomic E-state index is 12.5. The summed E-state index contributed by atoms with van der Waals surface area (Å²) in [5, 5.41) is 8.09. The van der Waals surface area contributed by atoms with Crippen LogP contribution >= 0.6 is 11.6 Å². The summed E-state index contributed by atoms with van der Waals surface area (Å²) in [6.07, 6.45) is -4.69. The number of hydrogen-bond acceptors (Lipinski definition) is 2. The lowest BCUT2D eigenvalue weighted by molar-refractivity contribution is -0.139. The Morgan fingerprint density at radius 1 is 1.33 bits per heavy atom. The van der Waals surface area contributed by atoms with Crippen LogP contribution < -0.4 is 0 Å². The van der Waals surface area contributed by atoms with Crippen LogP contribution in [0.4, 0.5) is 13.2 Å². The van der Waals surface area contributed by atoms with E-state index in [1.165, 1.54) is 0 Å². The molecule has 1 N–H and O–H groups in total. The second kappa shape index (κ2) is 4.97.